The van der Waals surface area contributed by atoms with Gasteiger partial charge in [-0.25, -0.2) is 0 Å². The van der Waals surface area contributed by atoms with Gasteiger partial charge in [0.15, 0.2) is 0 Å². The molecule has 1 aromatic rings. The predicted octanol–water partition coefficient (Wildman–Crippen LogP) is 2.19. The Morgan fingerprint density at radius 2 is 2.14 bits per heavy atom. The maximum atomic E-state index is 8.66. The number of aliphatic hydroxyl groups is 1. The molecular formula is C11H18ClNO. The summed E-state index contributed by atoms with van der Waals surface area (Å²) in [6, 6.07) is 8.27. The van der Waals surface area contributed by atoms with Crippen molar-refractivity contribution in [1.29, 1.82) is 0 Å². The lowest BCUT2D eigenvalue weighted by atomic mass is 10.0. The van der Waals surface area contributed by atoms with Crippen molar-refractivity contribution >= 4 is 12.4 Å². The summed E-state index contributed by atoms with van der Waals surface area (Å²) in [4.78, 5) is 0. The molecule has 0 bridgehead atoms. The number of hydrogen-bond acceptors (Lipinski definition) is 2. The summed E-state index contributed by atoms with van der Waals surface area (Å²) in [7, 11) is 0. The first-order chi connectivity index (χ1) is 6.24. The van der Waals surface area contributed by atoms with Gasteiger partial charge < -0.3 is 10.8 Å². The molecule has 0 aromatic heterocycles. The van der Waals surface area contributed by atoms with E-state index >= 15 is 0 Å². The van der Waals surface area contributed by atoms with Gasteiger partial charge in [-0.05, 0) is 25.3 Å². The molecule has 0 spiro atoms. The number of aryl methyl sites for hydroxylation is 1. The van der Waals surface area contributed by atoms with Crippen molar-refractivity contribution in [2.45, 2.75) is 25.8 Å². The molecule has 0 aliphatic carbocycles. The Hall–Kier alpha value is -0.570. The van der Waals surface area contributed by atoms with E-state index in [1.165, 1.54) is 5.56 Å². The van der Waals surface area contributed by atoms with Gasteiger partial charge in [-0.1, -0.05) is 29.8 Å². The van der Waals surface area contributed by atoms with Crippen LogP contribution in [0.2, 0.25) is 0 Å². The Labute approximate surface area is 91.5 Å². The van der Waals surface area contributed by atoms with Gasteiger partial charge in [0, 0.05) is 12.6 Å². The number of aliphatic hydroxyl groups excluding tert-OH is 1. The third kappa shape index (κ3) is 4.09. The Bertz CT molecular complexity index is 265. The highest BCUT2D eigenvalue weighted by Crippen LogP contribution is 2.16. The van der Waals surface area contributed by atoms with Crippen LogP contribution in [0.1, 0.15) is 30.0 Å². The van der Waals surface area contributed by atoms with Crippen LogP contribution >= 0.6 is 12.4 Å². The molecule has 1 aromatic carbocycles. The van der Waals surface area contributed by atoms with Crippen molar-refractivity contribution < 1.29 is 5.11 Å². The monoisotopic (exact) mass is 215 g/mol. The topological polar surface area (TPSA) is 46.2 Å². The van der Waals surface area contributed by atoms with Crippen molar-refractivity contribution in [1.82, 2.24) is 0 Å². The molecule has 0 aliphatic rings. The first-order valence-corrected chi connectivity index (χ1v) is 4.67. The van der Waals surface area contributed by atoms with Gasteiger partial charge in [-0.15, -0.1) is 12.4 Å². The average Bonchev–Trinajstić information content (AvgIpc) is 2.14. The van der Waals surface area contributed by atoms with Crippen LogP contribution in [0.3, 0.4) is 0 Å². The molecule has 3 heteroatoms. The molecule has 14 heavy (non-hydrogen) atoms. The minimum atomic E-state index is 0. The third-order valence-corrected chi connectivity index (χ3v) is 2.14. The largest absolute Gasteiger partial charge is 0.396 e. The zero-order chi connectivity index (χ0) is 9.68. The summed E-state index contributed by atoms with van der Waals surface area (Å²) >= 11 is 0. The van der Waals surface area contributed by atoms with Gasteiger partial charge in [-0.3, -0.25) is 0 Å². The summed E-state index contributed by atoms with van der Waals surface area (Å²) < 4.78 is 0. The maximum absolute atomic E-state index is 8.66. The van der Waals surface area contributed by atoms with Crippen LogP contribution in [0.4, 0.5) is 0 Å². The Kier molecular flexibility index (Phi) is 6.54. The summed E-state index contributed by atoms with van der Waals surface area (Å²) in [5.41, 5.74) is 8.33. The Morgan fingerprint density at radius 1 is 1.43 bits per heavy atom. The standard InChI is InChI=1S/C11H17NO.ClH/c1-9-4-2-5-10(8-9)11(12)6-3-7-13;/h2,4-5,8,11,13H,3,6-7,12H2,1H3;1H/t11-;/m0./s1. The Morgan fingerprint density at radius 3 is 2.71 bits per heavy atom. The van der Waals surface area contributed by atoms with E-state index < -0.39 is 0 Å². The highest BCUT2D eigenvalue weighted by Gasteiger charge is 2.04. The van der Waals surface area contributed by atoms with Gasteiger partial charge >= 0.3 is 0 Å². The van der Waals surface area contributed by atoms with Crippen LogP contribution in [0.5, 0.6) is 0 Å². The smallest absolute Gasteiger partial charge is 0.0431 e. The minimum absolute atomic E-state index is 0. The predicted molar refractivity (Wildman–Crippen MR) is 61.7 cm³/mol. The molecule has 3 N–H and O–H groups in total. The van der Waals surface area contributed by atoms with E-state index in [1.54, 1.807) is 0 Å². The highest BCUT2D eigenvalue weighted by atomic mass is 35.5. The van der Waals surface area contributed by atoms with E-state index in [2.05, 4.69) is 19.1 Å². The molecule has 0 saturated heterocycles. The van der Waals surface area contributed by atoms with Gasteiger partial charge in [-0.2, -0.15) is 0 Å². The quantitative estimate of drug-likeness (QED) is 0.809. The van der Waals surface area contributed by atoms with Crippen LogP contribution in [-0.4, -0.2) is 11.7 Å². The fraction of sp³-hybridized carbons (Fsp3) is 0.455. The number of rotatable bonds is 4. The minimum Gasteiger partial charge on any atom is -0.396 e. The van der Waals surface area contributed by atoms with Crippen LogP contribution < -0.4 is 5.73 Å². The first kappa shape index (κ1) is 13.4. The normalized spacial score (nSPS) is 11.9. The van der Waals surface area contributed by atoms with E-state index in [0.717, 1.165) is 18.4 Å². The number of benzene rings is 1. The van der Waals surface area contributed by atoms with Crippen LogP contribution in [0.15, 0.2) is 24.3 Å². The molecule has 80 valence electrons. The molecule has 0 aliphatic heterocycles. The summed E-state index contributed by atoms with van der Waals surface area (Å²) in [6.07, 6.45) is 1.62. The van der Waals surface area contributed by atoms with Crippen molar-refractivity contribution in [3.05, 3.63) is 35.4 Å². The van der Waals surface area contributed by atoms with E-state index in [9.17, 15) is 0 Å². The molecule has 0 amide bonds. The van der Waals surface area contributed by atoms with Crippen molar-refractivity contribution in [2.24, 2.45) is 5.73 Å². The summed E-state index contributed by atoms with van der Waals surface area (Å²) in [5, 5.41) is 8.66. The van der Waals surface area contributed by atoms with Gasteiger partial charge in [0.05, 0.1) is 0 Å². The fourth-order valence-corrected chi connectivity index (χ4v) is 1.38. The molecule has 1 atom stereocenters. The second kappa shape index (κ2) is 6.82. The number of nitrogens with two attached hydrogens (primary N) is 1. The Balaban J connectivity index is 0.00000169. The first-order valence-electron chi connectivity index (χ1n) is 4.67. The molecule has 0 saturated carbocycles. The van der Waals surface area contributed by atoms with Crippen molar-refractivity contribution in [3.8, 4) is 0 Å². The van der Waals surface area contributed by atoms with Gasteiger partial charge in [0.2, 0.25) is 0 Å². The molecule has 2 nitrogen and oxygen atoms in total. The summed E-state index contributed by atoms with van der Waals surface area (Å²) in [6.45, 7) is 2.28. The lowest BCUT2D eigenvalue weighted by molar-refractivity contribution is 0.280. The van der Waals surface area contributed by atoms with Gasteiger partial charge in [0.25, 0.3) is 0 Å². The second-order valence-electron chi connectivity index (χ2n) is 3.39. The molecule has 1 rings (SSSR count). The number of hydrogen-bond donors (Lipinski definition) is 2. The van der Waals surface area contributed by atoms with E-state index in [4.69, 9.17) is 10.8 Å². The molecule has 0 unspecified atom stereocenters. The highest BCUT2D eigenvalue weighted by molar-refractivity contribution is 5.85. The zero-order valence-corrected chi connectivity index (χ0v) is 9.26. The second-order valence-corrected chi connectivity index (χ2v) is 3.39. The summed E-state index contributed by atoms with van der Waals surface area (Å²) in [5.74, 6) is 0. The lowest BCUT2D eigenvalue weighted by Crippen LogP contribution is -2.10. The third-order valence-electron chi connectivity index (χ3n) is 2.14. The SMILES string of the molecule is Cc1cccc([C@@H](N)CCCO)c1.Cl. The maximum Gasteiger partial charge on any atom is 0.0431 e. The molecule has 0 radical (unpaired) electrons. The van der Waals surface area contributed by atoms with Crippen LogP contribution in [0, 0.1) is 6.92 Å². The van der Waals surface area contributed by atoms with Crippen molar-refractivity contribution in [2.75, 3.05) is 6.61 Å². The van der Waals surface area contributed by atoms with E-state index in [0.29, 0.717) is 0 Å². The molecule has 0 fully saturated rings. The van der Waals surface area contributed by atoms with Crippen LogP contribution in [0.25, 0.3) is 0 Å². The van der Waals surface area contributed by atoms with Gasteiger partial charge in [0.1, 0.15) is 0 Å². The van der Waals surface area contributed by atoms with Crippen molar-refractivity contribution in [3.63, 3.8) is 0 Å². The molecular weight excluding hydrogens is 198 g/mol. The molecule has 0 heterocycles. The lowest BCUT2D eigenvalue weighted by Gasteiger charge is -2.11. The number of halogens is 1. The fourth-order valence-electron chi connectivity index (χ4n) is 1.38. The average molecular weight is 216 g/mol. The van der Waals surface area contributed by atoms with E-state index in [1.807, 2.05) is 12.1 Å². The zero-order valence-electron chi connectivity index (χ0n) is 8.44. The van der Waals surface area contributed by atoms with Crippen LogP contribution in [-0.2, 0) is 0 Å². The van der Waals surface area contributed by atoms with E-state index in [-0.39, 0.29) is 25.1 Å².